The zero-order valence-electron chi connectivity index (χ0n) is 13.5. The predicted octanol–water partition coefficient (Wildman–Crippen LogP) is 2.05. The van der Waals surface area contributed by atoms with E-state index in [2.05, 4.69) is 10.4 Å². The van der Waals surface area contributed by atoms with Crippen molar-refractivity contribution in [1.29, 1.82) is 0 Å². The standard InChI is InChI=1S/C16H18N4O4/c1-10-16(20(22)23)11(2)19(18-10)9-15(21)17-13-7-8-24-14-6-4-3-5-12(13)14/h3-6,13H,7-9H2,1-2H3,(H,17,21). The van der Waals surface area contributed by atoms with Crippen molar-refractivity contribution in [2.24, 2.45) is 0 Å². The smallest absolute Gasteiger partial charge is 0.312 e. The van der Waals surface area contributed by atoms with Crippen LogP contribution in [0, 0.1) is 24.0 Å². The second-order valence-corrected chi connectivity index (χ2v) is 5.73. The van der Waals surface area contributed by atoms with Crippen LogP contribution in [0.1, 0.15) is 29.4 Å². The molecule has 1 aliphatic heterocycles. The van der Waals surface area contributed by atoms with E-state index >= 15 is 0 Å². The fourth-order valence-electron chi connectivity index (χ4n) is 2.97. The number of nitrogens with one attached hydrogen (secondary N) is 1. The molecular weight excluding hydrogens is 312 g/mol. The molecule has 1 aromatic heterocycles. The number of aryl methyl sites for hydroxylation is 1. The van der Waals surface area contributed by atoms with Crippen molar-refractivity contribution in [1.82, 2.24) is 15.1 Å². The van der Waals surface area contributed by atoms with E-state index in [9.17, 15) is 14.9 Å². The molecule has 1 aliphatic rings. The summed E-state index contributed by atoms with van der Waals surface area (Å²) in [6.45, 7) is 3.64. The first-order valence-corrected chi connectivity index (χ1v) is 7.67. The molecule has 1 aromatic carbocycles. The first-order valence-electron chi connectivity index (χ1n) is 7.67. The number of para-hydroxylation sites is 1. The third-order valence-electron chi connectivity index (χ3n) is 4.11. The minimum atomic E-state index is -0.471. The Bertz CT molecular complexity index is 799. The second kappa shape index (κ2) is 6.31. The number of fused-ring (bicyclic) bond motifs is 1. The zero-order valence-corrected chi connectivity index (χ0v) is 13.5. The number of carbonyl (C=O) groups excluding carboxylic acids is 1. The molecule has 1 N–H and O–H groups in total. The van der Waals surface area contributed by atoms with E-state index in [0.29, 0.717) is 24.4 Å². The van der Waals surface area contributed by atoms with Crippen LogP contribution >= 0.6 is 0 Å². The maximum atomic E-state index is 12.4. The average Bonchev–Trinajstić information content (AvgIpc) is 2.81. The Kier molecular flexibility index (Phi) is 4.20. The molecular formula is C16H18N4O4. The quantitative estimate of drug-likeness (QED) is 0.683. The molecule has 8 nitrogen and oxygen atoms in total. The highest BCUT2D eigenvalue weighted by molar-refractivity contribution is 5.76. The lowest BCUT2D eigenvalue weighted by Crippen LogP contribution is -2.34. The SMILES string of the molecule is Cc1nn(CC(=O)NC2CCOc3ccccc32)c(C)c1[N+](=O)[O-]. The summed E-state index contributed by atoms with van der Waals surface area (Å²) in [5.74, 6) is 0.535. The summed E-state index contributed by atoms with van der Waals surface area (Å²) in [6, 6.07) is 7.45. The van der Waals surface area contributed by atoms with Gasteiger partial charge in [0.2, 0.25) is 5.91 Å². The van der Waals surface area contributed by atoms with Crippen LogP contribution in [-0.2, 0) is 11.3 Å². The number of aromatic nitrogens is 2. The number of amides is 1. The lowest BCUT2D eigenvalue weighted by Gasteiger charge is -2.26. The average molecular weight is 330 g/mol. The molecule has 8 heteroatoms. The molecule has 1 amide bonds. The van der Waals surface area contributed by atoms with Crippen LogP contribution in [0.5, 0.6) is 5.75 Å². The summed E-state index contributed by atoms with van der Waals surface area (Å²) >= 11 is 0. The molecule has 0 bridgehead atoms. The predicted molar refractivity (Wildman–Crippen MR) is 85.8 cm³/mol. The molecule has 0 saturated carbocycles. The van der Waals surface area contributed by atoms with Gasteiger partial charge in [0.1, 0.15) is 23.7 Å². The Morgan fingerprint density at radius 1 is 1.46 bits per heavy atom. The highest BCUT2D eigenvalue weighted by Crippen LogP contribution is 2.31. The third-order valence-corrected chi connectivity index (χ3v) is 4.11. The van der Waals surface area contributed by atoms with Gasteiger partial charge in [0.25, 0.3) is 0 Å². The van der Waals surface area contributed by atoms with Gasteiger partial charge in [-0.3, -0.25) is 19.6 Å². The first-order chi connectivity index (χ1) is 11.5. The van der Waals surface area contributed by atoms with Gasteiger partial charge in [-0.1, -0.05) is 18.2 Å². The fraction of sp³-hybridized carbons (Fsp3) is 0.375. The molecule has 0 radical (unpaired) electrons. The van der Waals surface area contributed by atoms with Crippen LogP contribution in [0.2, 0.25) is 0 Å². The Morgan fingerprint density at radius 3 is 2.92 bits per heavy atom. The Hall–Kier alpha value is -2.90. The number of nitro groups is 1. The van der Waals surface area contributed by atoms with Crippen molar-refractivity contribution in [2.45, 2.75) is 32.9 Å². The van der Waals surface area contributed by atoms with Crippen LogP contribution in [0.3, 0.4) is 0 Å². The molecule has 1 atom stereocenters. The van der Waals surface area contributed by atoms with Gasteiger partial charge < -0.3 is 10.1 Å². The summed E-state index contributed by atoms with van der Waals surface area (Å²) in [5, 5.41) is 18.1. The Morgan fingerprint density at radius 2 is 2.21 bits per heavy atom. The van der Waals surface area contributed by atoms with E-state index in [-0.39, 0.29) is 24.2 Å². The lowest BCUT2D eigenvalue weighted by molar-refractivity contribution is -0.386. The second-order valence-electron chi connectivity index (χ2n) is 5.73. The fourth-order valence-corrected chi connectivity index (χ4v) is 2.97. The summed E-state index contributed by atoms with van der Waals surface area (Å²) in [4.78, 5) is 22.9. The lowest BCUT2D eigenvalue weighted by atomic mass is 10.0. The van der Waals surface area contributed by atoms with Crippen LogP contribution in [-0.4, -0.2) is 27.2 Å². The van der Waals surface area contributed by atoms with Gasteiger partial charge in [0.05, 0.1) is 17.6 Å². The minimum absolute atomic E-state index is 0.0424. The Balaban J connectivity index is 1.74. The van der Waals surface area contributed by atoms with E-state index in [0.717, 1.165) is 11.3 Å². The molecule has 0 aliphatic carbocycles. The molecule has 2 aromatic rings. The van der Waals surface area contributed by atoms with E-state index in [1.807, 2.05) is 24.3 Å². The van der Waals surface area contributed by atoms with Crippen molar-refractivity contribution in [3.05, 3.63) is 51.3 Å². The molecule has 0 saturated heterocycles. The molecule has 0 spiro atoms. The Labute approximate surface area is 138 Å². The van der Waals surface area contributed by atoms with Crippen molar-refractivity contribution in [2.75, 3.05) is 6.61 Å². The third kappa shape index (κ3) is 2.94. The molecule has 24 heavy (non-hydrogen) atoms. The van der Waals surface area contributed by atoms with Crippen molar-refractivity contribution < 1.29 is 14.5 Å². The van der Waals surface area contributed by atoms with Crippen molar-refractivity contribution in [3.63, 3.8) is 0 Å². The number of hydrogen-bond acceptors (Lipinski definition) is 5. The van der Waals surface area contributed by atoms with Gasteiger partial charge in [-0.25, -0.2) is 0 Å². The van der Waals surface area contributed by atoms with Gasteiger partial charge in [-0.2, -0.15) is 5.10 Å². The molecule has 126 valence electrons. The number of carbonyl (C=O) groups is 1. The van der Waals surface area contributed by atoms with Gasteiger partial charge in [-0.05, 0) is 19.9 Å². The van der Waals surface area contributed by atoms with Crippen LogP contribution < -0.4 is 10.1 Å². The topological polar surface area (TPSA) is 99.3 Å². The summed E-state index contributed by atoms with van der Waals surface area (Å²) in [5.41, 5.74) is 1.58. The molecule has 3 rings (SSSR count). The van der Waals surface area contributed by atoms with E-state index in [1.54, 1.807) is 13.8 Å². The number of benzene rings is 1. The summed E-state index contributed by atoms with van der Waals surface area (Å²) in [6.07, 6.45) is 0.681. The van der Waals surface area contributed by atoms with Gasteiger partial charge in [0.15, 0.2) is 0 Å². The molecule has 1 unspecified atom stereocenters. The normalized spacial score (nSPS) is 16.2. The maximum Gasteiger partial charge on any atom is 0.312 e. The van der Waals surface area contributed by atoms with Crippen LogP contribution in [0.15, 0.2) is 24.3 Å². The monoisotopic (exact) mass is 330 g/mol. The van der Waals surface area contributed by atoms with E-state index in [1.165, 1.54) is 4.68 Å². The molecule has 2 heterocycles. The largest absolute Gasteiger partial charge is 0.493 e. The van der Waals surface area contributed by atoms with Gasteiger partial charge in [0, 0.05) is 12.0 Å². The summed E-state index contributed by atoms with van der Waals surface area (Å²) < 4.78 is 6.94. The number of ether oxygens (including phenoxy) is 1. The van der Waals surface area contributed by atoms with Crippen molar-refractivity contribution in [3.8, 4) is 5.75 Å². The van der Waals surface area contributed by atoms with Gasteiger partial charge in [-0.15, -0.1) is 0 Å². The highest BCUT2D eigenvalue weighted by atomic mass is 16.6. The van der Waals surface area contributed by atoms with Crippen LogP contribution in [0.4, 0.5) is 5.69 Å². The van der Waals surface area contributed by atoms with Gasteiger partial charge >= 0.3 is 5.69 Å². The summed E-state index contributed by atoms with van der Waals surface area (Å²) in [7, 11) is 0. The minimum Gasteiger partial charge on any atom is -0.493 e. The number of nitrogens with zero attached hydrogens (tertiary/aromatic N) is 3. The van der Waals surface area contributed by atoms with Crippen molar-refractivity contribution >= 4 is 11.6 Å². The molecule has 0 fully saturated rings. The van der Waals surface area contributed by atoms with Crippen LogP contribution in [0.25, 0.3) is 0 Å². The highest BCUT2D eigenvalue weighted by Gasteiger charge is 2.25. The zero-order chi connectivity index (χ0) is 17.3. The number of hydrogen-bond donors (Lipinski definition) is 1. The van der Waals surface area contributed by atoms with E-state index < -0.39 is 4.92 Å². The maximum absolute atomic E-state index is 12.4. The number of rotatable bonds is 4. The first kappa shape index (κ1) is 16.0. The van der Waals surface area contributed by atoms with E-state index in [4.69, 9.17) is 4.74 Å².